The Morgan fingerprint density at radius 1 is 1.29 bits per heavy atom. The molecule has 10 heteroatoms. The minimum Gasteiger partial charge on any atom is -0.392 e. The summed E-state index contributed by atoms with van der Waals surface area (Å²) in [5.74, 6) is -1.42. The van der Waals surface area contributed by atoms with Crippen molar-refractivity contribution in [1.82, 2.24) is 4.31 Å². The van der Waals surface area contributed by atoms with Crippen molar-refractivity contribution >= 4 is 35.8 Å². The van der Waals surface area contributed by atoms with Crippen LogP contribution in [0.25, 0.3) is 0 Å². The molecule has 0 aliphatic heterocycles. The molecule has 6 nitrogen and oxygen atoms in total. The average Bonchev–Trinajstić information content (AvgIpc) is 2.36. The number of sulfonamides is 1. The summed E-state index contributed by atoms with van der Waals surface area (Å²) in [5, 5.41) is 9.03. The Morgan fingerprint density at radius 3 is 2.33 bits per heavy atom. The van der Waals surface area contributed by atoms with Crippen molar-refractivity contribution in [2.24, 2.45) is 0 Å². The molecular formula is C11H15BrFNO5S2. The molecule has 0 bridgehead atoms. The van der Waals surface area contributed by atoms with Gasteiger partial charge in [0.15, 0.2) is 0 Å². The molecule has 0 aliphatic rings. The lowest BCUT2D eigenvalue weighted by Gasteiger charge is -2.18. The fourth-order valence-electron chi connectivity index (χ4n) is 1.50. The van der Waals surface area contributed by atoms with Crippen LogP contribution in [0.15, 0.2) is 21.5 Å². The van der Waals surface area contributed by atoms with E-state index >= 15 is 0 Å². The predicted molar refractivity (Wildman–Crippen MR) is 79.5 cm³/mol. The molecule has 0 aliphatic carbocycles. The maximum atomic E-state index is 14.1. The Bertz CT molecular complexity index is 733. The minimum atomic E-state index is -4.19. The number of nitrogens with zero attached hydrogens (tertiary/aromatic N) is 1. The maximum absolute atomic E-state index is 14.1. The van der Waals surface area contributed by atoms with Crippen LogP contribution < -0.4 is 0 Å². The van der Waals surface area contributed by atoms with E-state index in [2.05, 4.69) is 15.9 Å². The number of hydrogen-bond donors (Lipinski definition) is 1. The van der Waals surface area contributed by atoms with Gasteiger partial charge in [0.2, 0.25) is 10.0 Å². The highest BCUT2D eigenvalue weighted by molar-refractivity contribution is 9.10. The van der Waals surface area contributed by atoms with Crippen molar-refractivity contribution in [2.45, 2.75) is 11.5 Å². The SMILES string of the molecule is CN(CCS(C)(=O)=O)S(=O)(=O)c1cc(Br)cc(CO)c1F. The highest BCUT2D eigenvalue weighted by Crippen LogP contribution is 2.26. The van der Waals surface area contributed by atoms with E-state index in [1.54, 1.807) is 0 Å². The number of hydrogen-bond acceptors (Lipinski definition) is 5. The second-order valence-electron chi connectivity index (χ2n) is 4.49. The van der Waals surface area contributed by atoms with Crippen LogP contribution in [-0.4, -0.2) is 51.8 Å². The van der Waals surface area contributed by atoms with Gasteiger partial charge in [0.1, 0.15) is 20.5 Å². The van der Waals surface area contributed by atoms with E-state index in [0.717, 1.165) is 16.6 Å². The highest BCUT2D eigenvalue weighted by atomic mass is 79.9. The molecule has 0 radical (unpaired) electrons. The second kappa shape index (κ2) is 6.69. The smallest absolute Gasteiger partial charge is 0.245 e. The summed E-state index contributed by atoms with van der Waals surface area (Å²) in [4.78, 5) is -0.614. The molecule has 0 heterocycles. The maximum Gasteiger partial charge on any atom is 0.245 e. The normalized spacial score (nSPS) is 12.9. The van der Waals surface area contributed by atoms with Crippen LogP contribution in [0.5, 0.6) is 0 Å². The summed E-state index contributed by atoms with van der Waals surface area (Å²) in [6, 6.07) is 2.34. The Balaban J connectivity index is 3.22. The van der Waals surface area contributed by atoms with Crippen LogP contribution in [0.4, 0.5) is 4.39 Å². The Morgan fingerprint density at radius 2 is 1.86 bits per heavy atom. The molecule has 1 aromatic rings. The molecule has 120 valence electrons. The van der Waals surface area contributed by atoms with E-state index in [0.29, 0.717) is 4.47 Å². The summed E-state index contributed by atoms with van der Waals surface area (Å²) in [7, 11) is -6.37. The van der Waals surface area contributed by atoms with Gasteiger partial charge >= 0.3 is 0 Å². The van der Waals surface area contributed by atoms with Gasteiger partial charge in [-0.25, -0.2) is 21.2 Å². The molecular weight excluding hydrogens is 389 g/mol. The average molecular weight is 404 g/mol. The largest absolute Gasteiger partial charge is 0.392 e. The first-order chi connectivity index (χ1) is 9.49. The summed E-state index contributed by atoms with van der Waals surface area (Å²) in [5.41, 5.74) is -0.167. The zero-order valence-corrected chi connectivity index (χ0v) is 14.6. The van der Waals surface area contributed by atoms with E-state index in [1.807, 2.05) is 0 Å². The lowest BCUT2D eigenvalue weighted by molar-refractivity contribution is 0.274. The van der Waals surface area contributed by atoms with Gasteiger partial charge in [0.05, 0.1) is 12.4 Å². The first-order valence-electron chi connectivity index (χ1n) is 5.72. The Hall–Kier alpha value is -0.550. The van der Waals surface area contributed by atoms with Crippen molar-refractivity contribution in [3.8, 4) is 0 Å². The highest BCUT2D eigenvalue weighted by Gasteiger charge is 2.27. The first kappa shape index (κ1) is 18.5. The fourth-order valence-corrected chi connectivity index (χ4v) is 4.18. The number of aliphatic hydroxyl groups excluding tert-OH is 1. The molecule has 1 aromatic carbocycles. The van der Waals surface area contributed by atoms with E-state index in [-0.39, 0.29) is 17.9 Å². The molecule has 0 aromatic heterocycles. The third-order valence-corrected chi connectivity index (χ3v) is 5.95. The molecule has 21 heavy (non-hydrogen) atoms. The third-order valence-electron chi connectivity index (χ3n) is 2.71. The van der Waals surface area contributed by atoms with Crippen LogP contribution in [0, 0.1) is 5.82 Å². The number of sulfone groups is 1. The number of halogens is 2. The molecule has 1 rings (SSSR count). The number of rotatable bonds is 6. The molecule has 1 N–H and O–H groups in total. The summed E-state index contributed by atoms with van der Waals surface area (Å²) in [6.07, 6.45) is 0.983. The predicted octanol–water partition coefficient (Wildman–Crippen LogP) is 0.746. The number of benzene rings is 1. The lowest BCUT2D eigenvalue weighted by Crippen LogP contribution is -2.32. The Labute approximate surface area is 131 Å². The third kappa shape index (κ3) is 4.71. The lowest BCUT2D eigenvalue weighted by atomic mass is 10.2. The van der Waals surface area contributed by atoms with Crippen LogP contribution in [-0.2, 0) is 26.5 Å². The Kier molecular flexibility index (Phi) is 5.90. The van der Waals surface area contributed by atoms with Crippen LogP contribution >= 0.6 is 15.9 Å². The van der Waals surface area contributed by atoms with E-state index in [9.17, 15) is 21.2 Å². The molecule has 0 amide bonds. The van der Waals surface area contributed by atoms with E-state index in [1.165, 1.54) is 13.1 Å². The summed E-state index contributed by atoms with van der Waals surface area (Å²) in [6.45, 7) is -0.942. The molecule has 0 saturated heterocycles. The van der Waals surface area contributed by atoms with Crippen molar-refractivity contribution in [3.05, 3.63) is 28.0 Å². The van der Waals surface area contributed by atoms with Crippen LogP contribution in [0.1, 0.15) is 5.56 Å². The van der Waals surface area contributed by atoms with Crippen molar-refractivity contribution in [3.63, 3.8) is 0 Å². The van der Waals surface area contributed by atoms with Gasteiger partial charge in [0, 0.05) is 29.9 Å². The van der Waals surface area contributed by atoms with Gasteiger partial charge in [-0.3, -0.25) is 0 Å². The topological polar surface area (TPSA) is 91.8 Å². The van der Waals surface area contributed by atoms with Gasteiger partial charge < -0.3 is 5.11 Å². The van der Waals surface area contributed by atoms with Gasteiger partial charge in [0.25, 0.3) is 0 Å². The first-order valence-corrected chi connectivity index (χ1v) is 10.0. The molecule has 0 saturated carbocycles. The van der Waals surface area contributed by atoms with Crippen molar-refractivity contribution in [1.29, 1.82) is 0 Å². The van der Waals surface area contributed by atoms with Gasteiger partial charge in [-0.1, -0.05) is 15.9 Å². The molecule has 0 spiro atoms. The fraction of sp³-hybridized carbons (Fsp3) is 0.455. The second-order valence-corrected chi connectivity index (χ2v) is 9.68. The van der Waals surface area contributed by atoms with E-state index in [4.69, 9.17) is 5.11 Å². The van der Waals surface area contributed by atoms with Crippen molar-refractivity contribution < 1.29 is 26.3 Å². The van der Waals surface area contributed by atoms with Gasteiger partial charge in [-0.05, 0) is 12.1 Å². The molecule has 0 unspecified atom stereocenters. The standard InChI is InChI=1S/C11H15BrFNO5S2/c1-14(3-4-20(2,16)17)21(18,19)10-6-9(12)5-8(7-15)11(10)13/h5-6,15H,3-4,7H2,1-2H3. The zero-order valence-electron chi connectivity index (χ0n) is 11.4. The van der Waals surface area contributed by atoms with Gasteiger partial charge in [-0.2, -0.15) is 4.31 Å². The summed E-state index contributed by atoms with van der Waals surface area (Å²) >= 11 is 3.04. The van der Waals surface area contributed by atoms with Crippen molar-refractivity contribution in [2.75, 3.05) is 25.6 Å². The summed E-state index contributed by atoms with van der Waals surface area (Å²) < 4.78 is 61.9. The molecule has 0 atom stereocenters. The van der Waals surface area contributed by atoms with Crippen LogP contribution in [0.3, 0.4) is 0 Å². The molecule has 0 fully saturated rings. The number of aliphatic hydroxyl groups is 1. The quantitative estimate of drug-likeness (QED) is 0.756. The van der Waals surface area contributed by atoms with Crippen LogP contribution in [0.2, 0.25) is 0 Å². The van der Waals surface area contributed by atoms with E-state index < -0.39 is 37.2 Å². The zero-order chi connectivity index (χ0) is 16.4. The minimum absolute atomic E-state index is 0.167. The monoisotopic (exact) mass is 403 g/mol. The van der Waals surface area contributed by atoms with Gasteiger partial charge in [-0.15, -0.1) is 0 Å².